The van der Waals surface area contributed by atoms with Crippen LogP contribution in [0.25, 0.3) is 0 Å². The second-order valence-corrected chi connectivity index (χ2v) is 5.56. The first kappa shape index (κ1) is 15.5. The molecule has 8 nitrogen and oxygen atoms in total. The number of aromatic amines is 1. The Bertz CT molecular complexity index is 666. The summed E-state index contributed by atoms with van der Waals surface area (Å²) < 4.78 is 6.64. The van der Waals surface area contributed by atoms with Gasteiger partial charge in [-0.15, -0.1) is 5.10 Å². The Morgan fingerprint density at radius 1 is 1.48 bits per heavy atom. The van der Waals surface area contributed by atoms with E-state index in [0.29, 0.717) is 28.4 Å². The Kier molecular flexibility index (Phi) is 4.97. The topological polar surface area (TPSA) is 97.7 Å². The zero-order chi connectivity index (χ0) is 15.4. The summed E-state index contributed by atoms with van der Waals surface area (Å²) in [6, 6.07) is 1.82. The molecule has 0 spiro atoms. The smallest absolute Gasteiger partial charge is 0.344 e. The third kappa shape index (κ3) is 3.61. The van der Waals surface area contributed by atoms with Gasteiger partial charge >= 0.3 is 5.69 Å². The molecular formula is C12H18N6O2S. The molecule has 0 radical (unpaired) electrons. The number of aromatic nitrogens is 5. The third-order valence-corrected chi connectivity index (χ3v) is 3.55. The van der Waals surface area contributed by atoms with Gasteiger partial charge in [-0.1, -0.05) is 0 Å². The largest absolute Gasteiger partial charge is 0.377 e. The standard InChI is InChI=1S/C12H18N6O2S/c1-7(2)18-11(19)16-17-12(18)21-10-5-8(13-3)14-9(15-10)6-20-4/h5,7H,6H2,1-4H3,(H,16,19)(H,13,14,15). The van der Waals surface area contributed by atoms with Crippen LogP contribution in [0.4, 0.5) is 5.82 Å². The fourth-order valence-corrected chi connectivity index (χ4v) is 2.75. The number of H-pyrrole nitrogens is 1. The normalized spacial score (nSPS) is 11.1. The van der Waals surface area contributed by atoms with Crippen molar-refractivity contribution in [1.82, 2.24) is 24.7 Å². The van der Waals surface area contributed by atoms with Crippen LogP contribution in [0.2, 0.25) is 0 Å². The Morgan fingerprint density at radius 3 is 2.86 bits per heavy atom. The van der Waals surface area contributed by atoms with Crippen LogP contribution in [0.1, 0.15) is 25.7 Å². The predicted octanol–water partition coefficient (Wildman–Crippen LogP) is 1.28. The van der Waals surface area contributed by atoms with Crippen molar-refractivity contribution in [3.8, 4) is 0 Å². The van der Waals surface area contributed by atoms with Crippen molar-refractivity contribution in [2.75, 3.05) is 19.5 Å². The molecule has 0 unspecified atom stereocenters. The van der Waals surface area contributed by atoms with Crippen LogP contribution in [-0.4, -0.2) is 38.9 Å². The number of rotatable bonds is 6. The van der Waals surface area contributed by atoms with E-state index in [9.17, 15) is 4.79 Å². The molecule has 21 heavy (non-hydrogen) atoms. The molecule has 0 bridgehead atoms. The molecule has 0 saturated carbocycles. The van der Waals surface area contributed by atoms with Crippen molar-refractivity contribution in [2.45, 2.75) is 36.7 Å². The summed E-state index contributed by atoms with van der Waals surface area (Å²) in [4.78, 5) is 20.4. The average molecular weight is 310 g/mol. The lowest BCUT2D eigenvalue weighted by molar-refractivity contribution is 0.177. The minimum absolute atomic E-state index is 0.0165. The van der Waals surface area contributed by atoms with E-state index in [0.717, 1.165) is 0 Å². The van der Waals surface area contributed by atoms with Crippen LogP contribution < -0.4 is 11.0 Å². The molecule has 2 aromatic rings. The first-order valence-corrected chi connectivity index (χ1v) is 7.26. The molecule has 0 amide bonds. The summed E-state index contributed by atoms with van der Waals surface area (Å²) >= 11 is 1.31. The number of methoxy groups -OCH3 is 1. The number of hydrogen-bond acceptors (Lipinski definition) is 7. The van der Waals surface area contributed by atoms with Crippen molar-refractivity contribution >= 4 is 17.6 Å². The van der Waals surface area contributed by atoms with Crippen LogP contribution in [0.3, 0.4) is 0 Å². The number of anilines is 1. The fraction of sp³-hybridized carbons (Fsp3) is 0.500. The van der Waals surface area contributed by atoms with E-state index in [1.807, 2.05) is 13.8 Å². The summed E-state index contributed by atoms with van der Waals surface area (Å²) in [5.41, 5.74) is -0.229. The summed E-state index contributed by atoms with van der Waals surface area (Å²) in [5.74, 6) is 1.26. The molecular weight excluding hydrogens is 292 g/mol. The van der Waals surface area contributed by atoms with Gasteiger partial charge in [0.1, 0.15) is 17.5 Å². The maximum absolute atomic E-state index is 11.7. The number of ether oxygens (including phenoxy) is 1. The molecule has 9 heteroatoms. The van der Waals surface area contributed by atoms with E-state index in [1.54, 1.807) is 24.8 Å². The highest BCUT2D eigenvalue weighted by molar-refractivity contribution is 7.99. The van der Waals surface area contributed by atoms with Gasteiger partial charge in [0, 0.05) is 26.3 Å². The van der Waals surface area contributed by atoms with Gasteiger partial charge in [0.2, 0.25) is 0 Å². The van der Waals surface area contributed by atoms with Gasteiger partial charge in [0.25, 0.3) is 0 Å². The van der Waals surface area contributed by atoms with Crippen LogP contribution in [0.15, 0.2) is 21.0 Å². The summed E-state index contributed by atoms with van der Waals surface area (Å²) in [5, 5.41) is 10.7. The van der Waals surface area contributed by atoms with Crippen LogP contribution in [0, 0.1) is 0 Å². The SMILES string of the molecule is CNc1cc(Sc2n[nH]c(=O)n2C(C)C)nc(COC)n1. The van der Waals surface area contributed by atoms with Crippen molar-refractivity contribution in [2.24, 2.45) is 0 Å². The molecule has 0 aliphatic rings. The van der Waals surface area contributed by atoms with Crippen molar-refractivity contribution < 1.29 is 4.74 Å². The Balaban J connectivity index is 2.35. The summed E-state index contributed by atoms with van der Waals surface area (Å²) in [7, 11) is 3.37. The molecule has 2 N–H and O–H groups in total. The molecule has 0 aliphatic heterocycles. The number of nitrogens with zero attached hydrogens (tertiary/aromatic N) is 4. The average Bonchev–Trinajstić information content (AvgIpc) is 2.79. The molecule has 2 heterocycles. The number of nitrogens with one attached hydrogen (secondary N) is 2. The molecule has 0 aromatic carbocycles. The lowest BCUT2D eigenvalue weighted by Gasteiger charge is -2.09. The molecule has 0 fully saturated rings. The van der Waals surface area contributed by atoms with E-state index in [2.05, 4.69) is 25.5 Å². The number of hydrogen-bond donors (Lipinski definition) is 2. The minimum Gasteiger partial charge on any atom is -0.377 e. The summed E-state index contributed by atoms with van der Waals surface area (Å²) in [6.45, 7) is 4.17. The van der Waals surface area contributed by atoms with Gasteiger partial charge in [-0.25, -0.2) is 19.9 Å². The van der Waals surface area contributed by atoms with E-state index < -0.39 is 0 Å². The lowest BCUT2D eigenvalue weighted by atomic mass is 10.4. The van der Waals surface area contributed by atoms with Crippen molar-refractivity contribution in [1.29, 1.82) is 0 Å². The van der Waals surface area contributed by atoms with Gasteiger partial charge in [-0.05, 0) is 25.6 Å². The molecule has 2 rings (SSSR count). The van der Waals surface area contributed by atoms with Crippen molar-refractivity contribution in [3.05, 3.63) is 22.4 Å². The van der Waals surface area contributed by atoms with Gasteiger partial charge in [0.15, 0.2) is 11.0 Å². The zero-order valence-corrected chi connectivity index (χ0v) is 13.2. The van der Waals surface area contributed by atoms with Crippen molar-refractivity contribution in [3.63, 3.8) is 0 Å². The van der Waals surface area contributed by atoms with Gasteiger partial charge in [0.05, 0.1) is 0 Å². The third-order valence-electron chi connectivity index (χ3n) is 2.66. The highest BCUT2D eigenvalue weighted by Crippen LogP contribution is 2.26. The molecule has 2 aromatic heterocycles. The predicted molar refractivity (Wildman–Crippen MR) is 79.6 cm³/mol. The second-order valence-electron chi connectivity index (χ2n) is 4.57. The fourth-order valence-electron chi connectivity index (χ4n) is 1.76. The Hall–Kier alpha value is -1.87. The maximum Gasteiger partial charge on any atom is 0.344 e. The first-order valence-electron chi connectivity index (χ1n) is 6.44. The molecule has 0 atom stereocenters. The molecule has 0 saturated heterocycles. The molecule has 114 valence electrons. The van der Waals surface area contributed by atoms with E-state index >= 15 is 0 Å². The van der Waals surface area contributed by atoms with E-state index in [-0.39, 0.29) is 11.7 Å². The summed E-state index contributed by atoms with van der Waals surface area (Å²) in [6.07, 6.45) is 0. The van der Waals surface area contributed by atoms with Gasteiger partial charge in [-0.3, -0.25) is 4.57 Å². The van der Waals surface area contributed by atoms with E-state index in [4.69, 9.17) is 4.74 Å². The van der Waals surface area contributed by atoms with Gasteiger partial charge < -0.3 is 10.1 Å². The van der Waals surface area contributed by atoms with Crippen LogP contribution in [0.5, 0.6) is 0 Å². The van der Waals surface area contributed by atoms with E-state index in [1.165, 1.54) is 11.8 Å². The monoisotopic (exact) mass is 310 g/mol. The second kappa shape index (κ2) is 6.72. The highest BCUT2D eigenvalue weighted by atomic mass is 32.2. The Morgan fingerprint density at radius 2 is 2.24 bits per heavy atom. The highest BCUT2D eigenvalue weighted by Gasteiger charge is 2.14. The van der Waals surface area contributed by atoms with Crippen LogP contribution in [-0.2, 0) is 11.3 Å². The lowest BCUT2D eigenvalue weighted by Crippen LogP contribution is -2.19. The quantitative estimate of drug-likeness (QED) is 0.776. The maximum atomic E-state index is 11.7. The van der Waals surface area contributed by atoms with Crippen LogP contribution >= 0.6 is 11.8 Å². The first-order chi connectivity index (χ1) is 10.0. The van der Waals surface area contributed by atoms with Gasteiger partial charge in [-0.2, -0.15) is 0 Å². The Labute approximate surface area is 126 Å². The zero-order valence-electron chi connectivity index (χ0n) is 12.4. The minimum atomic E-state index is -0.229. The molecule has 0 aliphatic carbocycles.